The Balaban J connectivity index is 0. The van der Waals surface area contributed by atoms with Crippen molar-refractivity contribution in [2.24, 2.45) is 4.99 Å². The molecule has 0 aliphatic carbocycles. The van der Waals surface area contributed by atoms with Crippen molar-refractivity contribution in [1.82, 2.24) is 4.90 Å². The van der Waals surface area contributed by atoms with Gasteiger partial charge in [-0.25, -0.2) is 4.99 Å². The van der Waals surface area contributed by atoms with Crippen molar-refractivity contribution in [3.8, 4) is 0 Å². The van der Waals surface area contributed by atoms with E-state index in [2.05, 4.69) is 18.8 Å². The van der Waals surface area contributed by atoms with Crippen LogP contribution >= 0.6 is 0 Å². The van der Waals surface area contributed by atoms with Crippen LogP contribution in [-0.4, -0.2) is 25.3 Å². The molecule has 0 radical (unpaired) electrons. The Morgan fingerprint density at radius 1 is 1.08 bits per heavy atom. The van der Waals surface area contributed by atoms with Gasteiger partial charge in [-0.1, -0.05) is 19.4 Å². The van der Waals surface area contributed by atoms with Crippen LogP contribution in [0.1, 0.15) is 34.6 Å². The molecule has 0 aliphatic heterocycles. The van der Waals surface area contributed by atoms with Crippen LogP contribution in [0.25, 0.3) is 0 Å². The molecule has 0 aliphatic rings. The summed E-state index contributed by atoms with van der Waals surface area (Å²) in [5.74, 6) is 0. The Hall–Kier alpha value is -0.790. The van der Waals surface area contributed by atoms with E-state index in [1.54, 1.807) is 0 Å². The average Bonchev–Trinajstić information content (AvgIpc) is 2.03. The standard InChI is InChI=1S/C8H16N2.C2H6/c1-7(2)8(3)9-6-10(4)5;1-2/h6H,1-5H3;1-2H3. The summed E-state index contributed by atoms with van der Waals surface area (Å²) in [4.78, 5) is 6.13. The highest BCUT2D eigenvalue weighted by Gasteiger charge is 1.85. The van der Waals surface area contributed by atoms with E-state index in [-0.39, 0.29) is 0 Å². The number of hydrogen-bond donors (Lipinski definition) is 0. The number of hydrogen-bond acceptors (Lipinski definition) is 1. The van der Waals surface area contributed by atoms with Gasteiger partial charge in [-0.3, -0.25) is 0 Å². The van der Waals surface area contributed by atoms with Gasteiger partial charge in [0.15, 0.2) is 0 Å². The minimum absolute atomic E-state index is 1.09. The highest BCUT2D eigenvalue weighted by molar-refractivity contribution is 5.55. The number of rotatable bonds is 2. The SMILES string of the molecule is CC.CC(C)=C(C)N=CN(C)C. The van der Waals surface area contributed by atoms with E-state index in [0.717, 1.165) is 5.70 Å². The lowest BCUT2D eigenvalue weighted by Gasteiger charge is -2.02. The number of nitrogens with zero attached hydrogens (tertiary/aromatic N) is 2. The predicted molar refractivity (Wildman–Crippen MR) is 57.6 cm³/mol. The lowest BCUT2D eigenvalue weighted by molar-refractivity contribution is 0.642. The van der Waals surface area contributed by atoms with Crippen LogP contribution in [0.2, 0.25) is 0 Å². The molecule has 72 valence electrons. The van der Waals surface area contributed by atoms with Gasteiger partial charge in [-0.15, -0.1) is 0 Å². The van der Waals surface area contributed by atoms with Crippen molar-refractivity contribution in [1.29, 1.82) is 0 Å². The molecule has 0 heterocycles. The molecule has 0 spiro atoms. The zero-order chi connectivity index (χ0) is 10.1. The molecule has 0 atom stereocenters. The van der Waals surface area contributed by atoms with E-state index in [9.17, 15) is 0 Å². The zero-order valence-electron chi connectivity index (χ0n) is 9.47. The summed E-state index contributed by atoms with van der Waals surface area (Å²) in [6.45, 7) is 10.1. The van der Waals surface area contributed by atoms with Crippen LogP contribution in [0.3, 0.4) is 0 Å². The van der Waals surface area contributed by atoms with Crippen molar-refractivity contribution in [2.75, 3.05) is 14.1 Å². The van der Waals surface area contributed by atoms with Gasteiger partial charge in [-0.2, -0.15) is 0 Å². The first kappa shape index (κ1) is 13.8. The molecule has 0 saturated heterocycles. The quantitative estimate of drug-likeness (QED) is 0.459. The molecule has 12 heavy (non-hydrogen) atoms. The molecule has 0 aromatic rings. The largest absolute Gasteiger partial charge is 0.369 e. The van der Waals surface area contributed by atoms with E-state index in [0.29, 0.717) is 0 Å². The maximum absolute atomic E-state index is 4.20. The average molecular weight is 170 g/mol. The lowest BCUT2D eigenvalue weighted by atomic mass is 10.3. The van der Waals surface area contributed by atoms with E-state index in [4.69, 9.17) is 0 Å². The summed E-state index contributed by atoms with van der Waals surface area (Å²) in [6.07, 6.45) is 1.81. The van der Waals surface area contributed by atoms with Crippen molar-refractivity contribution in [2.45, 2.75) is 34.6 Å². The van der Waals surface area contributed by atoms with E-state index >= 15 is 0 Å². The maximum Gasteiger partial charge on any atom is 0.0902 e. The Morgan fingerprint density at radius 3 is 1.75 bits per heavy atom. The first-order valence-electron chi connectivity index (χ1n) is 4.38. The van der Waals surface area contributed by atoms with Crippen molar-refractivity contribution in [3.63, 3.8) is 0 Å². The first-order chi connectivity index (χ1) is 5.54. The van der Waals surface area contributed by atoms with Crippen molar-refractivity contribution < 1.29 is 0 Å². The van der Waals surface area contributed by atoms with Gasteiger partial charge in [0, 0.05) is 19.8 Å². The van der Waals surface area contributed by atoms with Gasteiger partial charge >= 0.3 is 0 Å². The molecule has 0 aromatic carbocycles. The molecule has 0 saturated carbocycles. The Labute approximate surface area is 77.0 Å². The smallest absolute Gasteiger partial charge is 0.0902 e. The second-order valence-corrected chi connectivity index (χ2v) is 2.79. The van der Waals surface area contributed by atoms with Gasteiger partial charge in [0.2, 0.25) is 0 Å². The van der Waals surface area contributed by atoms with Gasteiger partial charge < -0.3 is 4.90 Å². The minimum Gasteiger partial charge on any atom is -0.369 e. The fourth-order valence-corrected chi connectivity index (χ4v) is 0.331. The Morgan fingerprint density at radius 2 is 1.50 bits per heavy atom. The number of aliphatic imine (C=N–C) groups is 1. The lowest BCUT2D eigenvalue weighted by Crippen LogP contribution is -2.07. The van der Waals surface area contributed by atoms with Crippen LogP contribution in [0, 0.1) is 0 Å². The second kappa shape index (κ2) is 8.31. The van der Waals surface area contributed by atoms with Crippen LogP contribution < -0.4 is 0 Å². The van der Waals surface area contributed by atoms with Crippen molar-refractivity contribution in [3.05, 3.63) is 11.3 Å². The molecular weight excluding hydrogens is 148 g/mol. The molecule has 0 unspecified atom stereocenters. The maximum atomic E-state index is 4.20. The molecule has 0 bridgehead atoms. The van der Waals surface area contributed by atoms with Crippen LogP contribution in [0.4, 0.5) is 0 Å². The van der Waals surface area contributed by atoms with Crippen molar-refractivity contribution >= 4 is 6.34 Å². The van der Waals surface area contributed by atoms with Gasteiger partial charge in [0.1, 0.15) is 0 Å². The van der Waals surface area contributed by atoms with Gasteiger partial charge in [0.25, 0.3) is 0 Å². The third-order valence-corrected chi connectivity index (χ3v) is 1.21. The number of allylic oxidation sites excluding steroid dienone is 2. The molecule has 0 rings (SSSR count). The van der Waals surface area contributed by atoms with Crippen LogP contribution in [0.15, 0.2) is 16.3 Å². The molecule has 0 fully saturated rings. The summed E-state index contributed by atoms with van der Waals surface area (Å²) >= 11 is 0. The monoisotopic (exact) mass is 170 g/mol. The summed E-state index contributed by atoms with van der Waals surface area (Å²) in [6, 6.07) is 0. The van der Waals surface area contributed by atoms with E-state index in [1.807, 2.05) is 46.1 Å². The first-order valence-corrected chi connectivity index (χ1v) is 4.38. The zero-order valence-corrected chi connectivity index (χ0v) is 9.47. The Bertz CT molecular complexity index is 151. The van der Waals surface area contributed by atoms with Gasteiger partial charge in [0.05, 0.1) is 6.34 Å². The molecule has 0 aromatic heterocycles. The Kier molecular flexibility index (Phi) is 9.54. The van der Waals surface area contributed by atoms with E-state index < -0.39 is 0 Å². The molecular formula is C10H22N2. The molecule has 2 nitrogen and oxygen atoms in total. The topological polar surface area (TPSA) is 15.6 Å². The molecule has 0 N–H and O–H groups in total. The second-order valence-electron chi connectivity index (χ2n) is 2.79. The van der Waals surface area contributed by atoms with Crippen LogP contribution in [0.5, 0.6) is 0 Å². The third-order valence-electron chi connectivity index (χ3n) is 1.21. The summed E-state index contributed by atoms with van der Waals surface area (Å²) in [5, 5.41) is 0. The van der Waals surface area contributed by atoms with Gasteiger partial charge in [-0.05, 0) is 20.8 Å². The highest BCUT2D eigenvalue weighted by Crippen LogP contribution is 2.01. The summed E-state index contributed by atoms with van der Waals surface area (Å²) < 4.78 is 0. The predicted octanol–water partition coefficient (Wildman–Crippen LogP) is 2.92. The normalized spacial score (nSPS) is 8.92. The summed E-state index contributed by atoms with van der Waals surface area (Å²) in [7, 11) is 3.92. The molecule has 2 heteroatoms. The highest BCUT2D eigenvalue weighted by atomic mass is 15.1. The molecule has 0 amide bonds. The third kappa shape index (κ3) is 9.21. The van der Waals surface area contributed by atoms with E-state index in [1.165, 1.54) is 5.57 Å². The summed E-state index contributed by atoms with van der Waals surface area (Å²) in [5.41, 5.74) is 2.35. The minimum atomic E-state index is 1.09. The van der Waals surface area contributed by atoms with Crippen LogP contribution in [-0.2, 0) is 0 Å². The fraction of sp³-hybridized carbons (Fsp3) is 0.700. The fourth-order valence-electron chi connectivity index (χ4n) is 0.331.